The Kier molecular flexibility index (Phi) is 448. The van der Waals surface area contributed by atoms with E-state index in [0.717, 1.165) is 0 Å². The fourth-order valence-corrected chi connectivity index (χ4v) is 0. The molecule has 0 fully saturated rings. The van der Waals surface area contributed by atoms with Crippen molar-refractivity contribution in [2.45, 2.75) is 0 Å². The first kappa shape index (κ1) is 67.4. The summed E-state index contributed by atoms with van der Waals surface area (Å²) in [5.74, 6) is 0. The zero-order chi connectivity index (χ0) is 0. The first-order valence-corrected chi connectivity index (χ1v) is 0. The maximum absolute atomic E-state index is 0. The van der Waals surface area contributed by atoms with Gasteiger partial charge in [0.1, 0.15) is 0 Å². The van der Waals surface area contributed by atoms with Gasteiger partial charge < -0.3 is 168 Å². The molecular weight excluding hydrogens is 1070 g/mol. The quantitative estimate of drug-likeness (QED) is 0.212. The summed E-state index contributed by atoms with van der Waals surface area (Å²) >= 11 is 0. The van der Waals surface area contributed by atoms with Gasteiger partial charge in [0.15, 0.2) is 0 Å². The molecule has 0 nitrogen and oxygen atoms in total. The number of halogens is 7. The molecule has 0 radical (unpaired) electrons. The van der Waals surface area contributed by atoms with E-state index in [-0.39, 0.29) is 188 Å². The van der Waals surface area contributed by atoms with Crippen molar-refractivity contribution in [3.8, 4) is 0 Å². The number of rotatable bonds is 0. The van der Waals surface area contributed by atoms with Gasteiger partial charge in [0.25, 0.3) is 0 Å². The van der Waals surface area contributed by atoms with Crippen LogP contribution < -0.4 is 168 Å². The fraction of sp³-hybridized carbons (Fsp3) is 0. The Labute approximate surface area is 183 Å². The Bertz CT molecular complexity index is 4.35. The topological polar surface area (TPSA) is 0 Å². The van der Waals surface area contributed by atoms with Crippen molar-refractivity contribution >= 4 is 0 Å². The van der Waals surface area contributed by atoms with Gasteiger partial charge in [-0.25, -0.2) is 0 Å². The molecule has 0 unspecified atom stereocenters. The van der Waals surface area contributed by atoms with E-state index in [2.05, 4.69) is 0 Å². The predicted molar refractivity (Wildman–Crippen MR) is 0 cm³/mol. The molecule has 0 aromatic heterocycles. The molecule has 0 bridgehead atoms. The molecule has 0 rings (SSSR count). The molecule has 56 valence electrons. The monoisotopic (exact) mass is 1080 g/mol. The summed E-state index contributed by atoms with van der Waals surface area (Å²) in [7, 11) is 0. The van der Waals surface area contributed by atoms with Crippen LogP contribution in [-0.2, 0) is 20.4 Å². The van der Waals surface area contributed by atoms with E-state index in [1.54, 1.807) is 0 Å². The molecule has 0 heterocycles. The van der Waals surface area contributed by atoms with Crippen molar-refractivity contribution in [2.75, 3.05) is 0 Å². The van der Waals surface area contributed by atoms with Gasteiger partial charge in [0.2, 0.25) is 0 Å². The van der Waals surface area contributed by atoms with Gasteiger partial charge in [-0.15, -0.1) is 0 Å². The Balaban J connectivity index is 0. The molecule has 8 heavy (non-hydrogen) atoms. The molecule has 0 aliphatic rings. The van der Waals surface area contributed by atoms with Gasteiger partial charge in [-0.1, -0.05) is 0 Å². The average molecular weight is 1070 g/mol. The second kappa shape index (κ2) is 53.1. The Morgan fingerprint density at radius 3 is 0.250 bits per heavy atom. The molecule has 0 atom stereocenters. The molecule has 0 saturated carbocycles. The van der Waals surface area contributed by atoms with E-state index in [1.807, 2.05) is 0 Å². The normalized spacial score (nSPS) is 0. The van der Waals surface area contributed by atoms with Crippen LogP contribution in [-0.4, -0.2) is 0 Å². The molecule has 0 aromatic rings. The first-order valence-electron chi connectivity index (χ1n) is 0. The van der Waals surface area contributed by atoms with Crippen molar-refractivity contribution < 1.29 is 188 Å². The number of hydrogen-bond acceptors (Lipinski definition) is 0. The summed E-state index contributed by atoms with van der Waals surface area (Å²) < 4.78 is 0. The van der Waals surface area contributed by atoms with E-state index < -0.39 is 0 Å². The molecule has 0 saturated heterocycles. The summed E-state index contributed by atoms with van der Waals surface area (Å²) in [6.45, 7) is 0. The van der Waals surface area contributed by atoms with Crippen LogP contribution in [0.2, 0.25) is 0 Å². The third-order valence-electron chi connectivity index (χ3n) is 0. The van der Waals surface area contributed by atoms with Crippen LogP contribution in [0.25, 0.3) is 0 Å². The van der Waals surface area contributed by atoms with Gasteiger partial charge in [0.05, 0.1) is 0 Å². The van der Waals surface area contributed by atoms with Gasteiger partial charge in [-0.3, -0.25) is 0 Å². The van der Waals surface area contributed by atoms with E-state index in [9.17, 15) is 0 Å². The van der Waals surface area contributed by atoms with Gasteiger partial charge in [0, 0.05) is 0 Å². The Morgan fingerprint density at radius 1 is 0.250 bits per heavy atom. The van der Waals surface area contributed by atoms with E-state index in [1.165, 1.54) is 0 Å². The van der Waals surface area contributed by atoms with Crippen LogP contribution in [0.15, 0.2) is 0 Å². The van der Waals surface area contributed by atoms with E-state index in [4.69, 9.17) is 0 Å². The maximum Gasteiger partial charge on any atom is 7.00 e. The predicted octanol–water partition coefficient (Wildman–Crippen LogP) is -21.0. The van der Waals surface area contributed by atoms with Crippen molar-refractivity contribution in [2.24, 2.45) is 0 Å². The molecule has 0 aromatic carbocycles. The molecule has 0 aliphatic carbocycles. The minimum absolute atomic E-state index is 0. The Hall–Kier alpha value is 5.77. The summed E-state index contributed by atoms with van der Waals surface area (Å²) in [5.41, 5.74) is 0. The maximum atomic E-state index is 0. The van der Waals surface area contributed by atoms with Gasteiger partial charge >= 0.3 is 20.4 Å². The van der Waals surface area contributed by atoms with E-state index >= 15 is 0 Å². The summed E-state index contributed by atoms with van der Waals surface area (Å²) in [4.78, 5) is 0. The third kappa shape index (κ3) is 41.0. The zero-order valence-electron chi connectivity index (χ0n) is 3.02. The molecule has 0 spiro atoms. The van der Waals surface area contributed by atoms with Crippen molar-refractivity contribution in [1.29, 1.82) is 0 Å². The second-order valence-corrected chi connectivity index (χ2v) is 0. The van der Waals surface area contributed by atoms with Crippen molar-refractivity contribution in [1.82, 2.24) is 0 Å². The number of hydrogen-bond donors (Lipinski definition) is 0. The minimum atomic E-state index is 0. The Morgan fingerprint density at radius 2 is 0.250 bits per heavy atom. The van der Waals surface area contributed by atoms with Crippen molar-refractivity contribution in [3.63, 3.8) is 0 Å². The van der Waals surface area contributed by atoms with Crippen LogP contribution in [0.4, 0.5) is 0 Å². The fourth-order valence-electron chi connectivity index (χ4n) is 0. The standard InChI is InChI=1S/7HI.Re/h7*1H;/q;;;;;;;+7/p-7. The van der Waals surface area contributed by atoms with Gasteiger partial charge in [-0.2, -0.15) is 0 Å². The largest absolute Gasteiger partial charge is 7.00 e. The smallest absolute Gasteiger partial charge is 1.00 e. The minimum Gasteiger partial charge on any atom is -1.00 e. The summed E-state index contributed by atoms with van der Waals surface area (Å²) in [6.07, 6.45) is 0. The molecular formula is I7Re. The second-order valence-electron chi connectivity index (χ2n) is 0. The van der Waals surface area contributed by atoms with E-state index in [0.29, 0.717) is 0 Å². The SMILES string of the molecule is [I-].[I-].[I-].[I-].[I-].[I-].[I-].[Re+7]. The molecule has 0 aliphatic heterocycles. The zero-order valence-corrected chi connectivity index (χ0v) is 20.8. The summed E-state index contributed by atoms with van der Waals surface area (Å²) in [6, 6.07) is 0. The third-order valence-corrected chi connectivity index (χ3v) is 0. The van der Waals surface area contributed by atoms with Crippen LogP contribution in [0.1, 0.15) is 0 Å². The van der Waals surface area contributed by atoms with Gasteiger partial charge in [-0.05, 0) is 0 Å². The molecule has 0 N–H and O–H groups in total. The van der Waals surface area contributed by atoms with Crippen LogP contribution in [0.5, 0.6) is 0 Å². The first-order chi connectivity index (χ1) is 0. The summed E-state index contributed by atoms with van der Waals surface area (Å²) in [5, 5.41) is 0. The average Bonchev–Trinajstić information content (AvgIpc) is 0. The molecule has 0 amide bonds. The van der Waals surface area contributed by atoms with Crippen LogP contribution >= 0.6 is 0 Å². The van der Waals surface area contributed by atoms with Crippen LogP contribution in [0.3, 0.4) is 0 Å². The van der Waals surface area contributed by atoms with Crippen molar-refractivity contribution in [3.05, 3.63) is 0 Å². The van der Waals surface area contributed by atoms with Crippen LogP contribution in [0, 0.1) is 0 Å². The molecule has 8 heteroatoms.